The quantitative estimate of drug-likeness (QED) is 0.769. The van der Waals surface area contributed by atoms with Gasteiger partial charge in [0.15, 0.2) is 5.58 Å². The SMILES string of the molecule is NCc1ncccc1Cn1c(=O)oc2ccccc21. The Kier molecular flexibility index (Phi) is 2.89. The van der Waals surface area contributed by atoms with Crippen molar-refractivity contribution in [3.8, 4) is 0 Å². The minimum atomic E-state index is -0.368. The van der Waals surface area contributed by atoms with Crippen LogP contribution >= 0.6 is 0 Å². The second-order valence-corrected chi connectivity index (χ2v) is 4.24. The highest BCUT2D eigenvalue weighted by Gasteiger charge is 2.10. The number of rotatable bonds is 3. The summed E-state index contributed by atoms with van der Waals surface area (Å²) in [7, 11) is 0. The summed E-state index contributed by atoms with van der Waals surface area (Å²) >= 11 is 0. The van der Waals surface area contributed by atoms with Crippen molar-refractivity contribution in [2.24, 2.45) is 5.73 Å². The van der Waals surface area contributed by atoms with Gasteiger partial charge in [-0.15, -0.1) is 0 Å². The van der Waals surface area contributed by atoms with Crippen molar-refractivity contribution in [3.63, 3.8) is 0 Å². The van der Waals surface area contributed by atoms with Crippen LogP contribution in [0.25, 0.3) is 11.1 Å². The number of aromatic nitrogens is 2. The van der Waals surface area contributed by atoms with E-state index < -0.39 is 0 Å². The molecular weight excluding hydrogens is 242 g/mol. The van der Waals surface area contributed by atoms with E-state index in [0.717, 1.165) is 16.8 Å². The zero-order valence-corrected chi connectivity index (χ0v) is 10.2. The van der Waals surface area contributed by atoms with Gasteiger partial charge in [0.25, 0.3) is 0 Å². The summed E-state index contributed by atoms with van der Waals surface area (Å²) in [5.74, 6) is -0.368. The van der Waals surface area contributed by atoms with Crippen LogP contribution in [0.3, 0.4) is 0 Å². The highest BCUT2D eigenvalue weighted by atomic mass is 16.4. The monoisotopic (exact) mass is 255 g/mol. The molecular formula is C14H13N3O2. The maximum Gasteiger partial charge on any atom is 0.420 e. The molecule has 0 aliphatic heterocycles. The number of benzene rings is 1. The van der Waals surface area contributed by atoms with Crippen molar-refractivity contribution in [2.75, 3.05) is 0 Å². The third-order valence-electron chi connectivity index (χ3n) is 3.08. The van der Waals surface area contributed by atoms with Gasteiger partial charge in [-0.2, -0.15) is 0 Å². The van der Waals surface area contributed by atoms with Gasteiger partial charge in [-0.05, 0) is 23.8 Å². The zero-order valence-electron chi connectivity index (χ0n) is 10.2. The van der Waals surface area contributed by atoms with Crippen molar-refractivity contribution in [1.82, 2.24) is 9.55 Å². The molecule has 5 heteroatoms. The number of pyridine rings is 1. The molecule has 0 unspecified atom stereocenters. The fourth-order valence-corrected chi connectivity index (χ4v) is 2.13. The molecule has 3 rings (SSSR count). The fourth-order valence-electron chi connectivity index (χ4n) is 2.13. The fraction of sp³-hybridized carbons (Fsp3) is 0.143. The summed E-state index contributed by atoms with van der Waals surface area (Å²) in [6, 6.07) is 11.1. The van der Waals surface area contributed by atoms with Crippen LogP contribution in [-0.4, -0.2) is 9.55 Å². The maximum absolute atomic E-state index is 11.9. The van der Waals surface area contributed by atoms with E-state index in [1.165, 1.54) is 0 Å². The Morgan fingerprint density at radius 2 is 2.05 bits per heavy atom. The van der Waals surface area contributed by atoms with Crippen LogP contribution in [0.1, 0.15) is 11.3 Å². The number of oxazole rings is 1. The van der Waals surface area contributed by atoms with Crippen LogP contribution in [0.15, 0.2) is 51.8 Å². The second-order valence-electron chi connectivity index (χ2n) is 4.24. The first-order chi connectivity index (χ1) is 9.29. The van der Waals surface area contributed by atoms with Crippen LogP contribution < -0.4 is 11.5 Å². The molecule has 0 aliphatic carbocycles. The molecule has 0 aliphatic rings. The van der Waals surface area contributed by atoms with Gasteiger partial charge in [-0.25, -0.2) is 4.79 Å². The second kappa shape index (κ2) is 4.70. The lowest BCUT2D eigenvalue weighted by molar-refractivity contribution is 0.517. The standard InChI is InChI=1S/C14H13N3O2/c15-8-11-10(4-3-7-16-11)9-17-12-5-1-2-6-13(12)19-14(17)18/h1-7H,8-9,15H2. The van der Waals surface area contributed by atoms with E-state index in [9.17, 15) is 4.79 Å². The van der Waals surface area contributed by atoms with Crippen LogP contribution in [0.2, 0.25) is 0 Å². The van der Waals surface area contributed by atoms with E-state index in [1.54, 1.807) is 16.8 Å². The van der Waals surface area contributed by atoms with Crippen LogP contribution in [0.5, 0.6) is 0 Å². The first-order valence-electron chi connectivity index (χ1n) is 6.01. The number of hydrogen-bond donors (Lipinski definition) is 1. The van der Waals surface area contributed by atoms with E-state index in [0.29, 0.717) is 18.7 Å². The Labute approximate surface area is 109 Å². The van der Waals surface area contributed by atoms with E-state index in [-0.39, 0.29) is 5.76 Å². The minimum Gasteiger partial charge on any atom is -0.408 e. The number of nitrogens with two attached hydrogens (primary N) is 1. The van der Waals surface area contributed by atoms with E-state index in [4.69, 9.17) is 10.2 Å². The Bertz CT molecular complexity index is 773. The Hall–Kier alpha value is -2.40. The van der Waals surface area contributed by atoms with Crippen LogP contribution in [0.4, 0.5) is 0 Å². The van der Waals surface area contributed by atoms with Crippen molar-refractivity contribution < 1.29 is 4.42 Å². The number of para-hydroxylation sites is 2. The summed E-state index contributed by atoms with van der Waals surface area (Å²) in [5.41, 5.74) is 8.74. The molecule has 0 amide bonds. The number of hydrogen-bond acceptors (Lipinski definition) is 4. The minimum absolute atomic E-state index is 0.348. The Balaban J connectivity index is 2.11. The topological polar surface area (TPSA) is 74.0 Å². The molecule has 2 N–H and O–H groups in total. The van der Waals surface area contributed by atoms with Gasteiger partial charge >= 0.3 is 5.76 Å². The molecule has 5 nitrogen and oxygen atoms in total. The van der Waals surface area contributed by atoms with Crippen LogP contribution in [-0.2, 0) is 13.1 Å². The summed E-state index contributed by atoms with van der Waals surface area (Å²) < 4.78 is 6.79. The predicted molar refractivity (Wildman–Crippen MR) is 71.7 cm³/mol. The molecule has 0 spiro atoms. The van der Waals surface area contributed by atoms with Gasteiger partial charge in [-0.1, -0.05) is 18.2 Å². The molecule has 0 fully saturated rings. The summed E-state index contributed by atoms with van der Waals surface area (Å²) in [4.78, 5) is 16.1. The Morgan fingerprint density at radius 3 is 2.89 bits per heavy atom. The van der Waals surface area contributed by atoms with Gasteiger partial charge in [0.05, 0.1) is 17.8 Å². The lowest BCUT2D eigenvalue weighted by Crippen LogP contribution is -2.17. The van der Waals surface area contributed by atoms with Crippen LogP contribution in [0, 0.1) is 0 Å². The first-order valence-corrected chi connectivity index (χ1v) is 6.01. The van der Waals surface area contributed by atoms with Gasteiger partial charge in [-0.3, -0.25) is 9.55 Å². The summed E-state index contributed by atoms with van der Waals surface area (Å²) in [6.07, 6.45) is 1.70. The normalized spacial score (nSPS) is 11.0. The highest BCUT2D eigenvalue weighted by Crippen LogP contribution is 2.14. The zero-order chi connectivity index (χ0) is 13.2. The lowest BCUT2D eigenvalue weighted by Gasteiger charge is -2.06. The molecule has 19 heavy (non-hydrogen) atoms. The van der Waals surface area contributed by atoms with Gasteiger partial charge in [0.1, 0.15) is 0 Å². The smallest absolute Gasteiger partial charge is 0.408 e. The number of fused-ring (bicyclic) bond motifs is 1. The predicted octanol–water partition coefficient (Wildman–Crippen LogP) is 1.50. The Morgan fingerprint density at radius 1 is 1.21 bits per heavy atom. The van der Waals surface area contributed by atoms with E-state index in [2.05, 4.69) is 4.98 Å². The van der Waals surface area contributed by atoms with E-state index >= 15 is 0 Å². The van der Waals surface area contributed by atoms with Crippen molar-refractivity contribution in [3.05, 3.63) is 64.4 Å². The van der Waals surface area contributed by atoms with Crippen molar-refractivity contribution in [2.45, 2.75) is 13.1 Å². The molecule has 0 saturated carbocycles. The highest BCUT2D eigenvalue weighted by molar-refractivity contribution is 5.72. The van der Waals surface area contributed by atoms with Gasteiger partial charge in [0.2, 0.25) is 0 Å². The molecule has 3 aromatic rings. The molecule has 0 saturated heterocycles. The third-order valence-corrected chi connectivity index (χ3v) is 3.08. The largest absolute Gasteiger partial charge is 0.420 e. The molecule has 0 bridgehead atoms. The maximum atomic E-state index is 11.9. The summed E-state index contributed by atoms with van der Waals surface area (Å²) in [5, 5.41) is 0. The van der Waals surface area contributed by atoms with Crippen molar-refractivity contribution >= 4 is 11.1 Å². The molecule has 2 heterocycles. The van der Waals surface area contributed by atoms with Gasteiger partial charge in [0, 0.05) is 12.7 Å². The lowest BCUT2D eigenvalue weighted by atomic mass is 10.2. The molecule has 96 valence electrons. The molecule has 0 atom stereocenters. The van der Waals surface area contributed by atoms with Gasteiger partial charge < -0.3 is 10.2 Å². The molecule has 1 aromatic carbocycles. The third kappa shape index (κ3) is 2.04. The first kappa shape index (κ1) is 11.7. The molecule has 0 radical (unpaired) electrons. The summed E-state index contributed by atoms with van der Waals surface area (Å²) in [6.45, 7) is 0.761. The molecule has 2 aromatic heterocycles. The average molecular weight is 255 g/mol. The van der Waals surface area contributed by atoms with E-state index in [1.807, 2.05) is 30.3 Å². The van der Waals surface area contributed by atoms with Crippen molar-refractivity contribution in [1.29, 1.82) is 0 Å². The number of nitrogens with zero attached hydrogens (tertiary/aromatic N) is 2. The average Bonchev–Trinajstić information content (AvgIpc) is 2.76.